The van der Waals surface area contributed by atoms with Gasteiger partial charge in [0.25, 0.3) is 0 Å². The lowest BCUT2D eigenvalue weighted by Gasteiger charge is -2.23. The van der Waals surface area contributed by atoms with E-state index in [4.69, 9.17) is 9.97 Å². The summed E-state index contributed by atoms with van der Waals surface area (Å²) in [5.41, 5.74) is 3.22. The van der Waals surface area contributed by atoms with Crippen molar-refractivity contribution in [2.24, 2.45) is 5.41 Å². The quantitative estimate of drug-likeness (QED) is 0.741. The van der Waals surface area contributed by atoms with Crippen LogP contribution in [-0.2, 0) is 22.6 Å². The highest BCUT2D eigenvalue weighted by Gasteiger charge is 2.31. The number of aryl methyl sites for hydroxylation is 2. The molecule has 7 heteroatoms. The van der Waals surface area contributed by atoms with Crippen molar-refractivity contribution in [2.45, 2.75) is 66.3 Å². The number of halogens is 1. The Labute approximate surface area is 189 Å². The molecule has 0 saturated carbocycles. The fourth-order valence-corrected chi connectivity index (χ4v) is 3.99. The molecule has 1 aliphatic rings. The van der Waals surface area contributed by atoms with Crippen molar-refractivity contribution < 1.29 is 14.0 Å². The van der Waals surface area contributed by atoms with Gasteiger partial charge in [0, 0.05) is 48.9 Å². The van der Waals surface area contributed by atoms with Crippen LogP contribution in [0.2, 0.25) is 0 Å². The summed E-state index contributed by atoms with van der Waals surface area (Å²) >= 11 is 0. The molecule has 0 unspecified atom stereocenters. The van der Waals surface area contributed by atoms with Gasteiger partial charge in [-0.2, -0.15) is 0 Å². The lowest BCUT2D eigenvalue weighted by molar-refractivity contribution is -0.132. The number of carbonyl (C=O) groups excluding carboxylic acids is 2. The van der Waals surface area contributed by atoms with Crippen LogP contribution in [0.4, 0.5) is 4.39 Å². The normalized spacial score (nSPS) is 16.3. The Hall–Kier alpha value is -2.83. The molecule has 2 heterocycles. The Kier molecular flexibility index (Phi) is 7.26. The molecule has 0 aliphatic carbocycles. The van der Waals surface area contributed by atoms with Crippen LogP contribution in [-0.4, -0.2) is 39.8 Å². The van der Waals surface area contributed by atoms with Crippen molar-refractivity contribution in [1.82, 2.24) is 20.2 Å². The maximum atomic E-state index is 13.0. The Morgan fingerprint density at radius 1 is 1.12 bits per heavy atom. The minimum absolute atomic E-state index is 0.0300. The van der Waals surface area contributed by atoms with E-state index < -0.39 is 0 Å². The molecule has 2 aromatic rings. The van der Waals surface area contributed by atoms with Crippen LogP contribution in [0.1, 0.15) is 67.9 Å². The zero-order valence-electron chi connectivity index (χ0n) is 19.7. The number of rotatable bonds is 6. The molecule has 1 saturated heterocycles. The number of hydrogen-bond acceptors (Lipinski definition) is 4. The average molecular weight is 441 g/mol. The van der Waals surface area contributed by atoms with Gasteiger partial charge in [0.05, 0.1) is 6.42 Å². The van der Waals surface area contributed by atoms with Crippen molar-refractivity contribution in [3.63, 3.8) is 0 Å². The van der Waals surface area contributed by atoms with Gasteiger partial charge in [-0.3, -0.25) is 9.59 Å². The molecular weight excluding hydrogens is 407 g/mol. The molecule has 3 rings (SSSR count). The Morgan fingerprint density at radius 2 is 1.75 bits per heavy atom. The largest absolute Gasteiger partial charge is 0.352 e. The van der Waals surface area contributed by atoms with Crippen LogP contribution < -0.4 is 5.32 Å². The summed E-state index contributed by atoms with van der Waals surface area (Å²) < 4.78 is 13.0. The molecule has 6 nitrogen and oxygen atoms in total. The molecular formula is C25H33FN4O2. The maximum Gasteiger partial charge on any atom is 0.224 e. The molecule has 1 aliphatic heterocycles. The number of nitrogens with one attached hydrogen (secondary N) is 1. The second-order valence-electron chi connectivity index (χ2n) is 9.87. The van der Waals surface area contributed by atoms with Crippen LogP contribution >= 0.6 is 0 Å². The third kappa shape index (κ3) is 6.34. The average Bonchev–Trinajstić information content (AvgIpc) is 3.19. The predicted octanol–water partition coefficient (Wildman–Crippen LogP) is 3.84. The van der Waals surface area contributed by atoms with Crippen LogP contribution in [0.3, 0.4) is 0 Å². The number of likely N-dealkylation sites (tertiary alicyclic amines) is 1. The minimum Gasteiger partial charge on any atom is -0.352 e. The van der Waals surface area contributed by atoms with Crippen molar-refractivity contribution in [3.8, 4) is 0 Å². The minimum atomic E-state index is -0.299. The van der Waals surface area contributed by atoms with Crippen LogP contribution in [0, 0.1) is 25.1 Å². The van der Waals surface area contributed by atoms with E-state index in [0.717, 1.165) is 41.3 Å². The first-order valence-electron chi connectivity index (χ1n) is 11.1. The summed E-state index contributed by atoms with van der Waals surface area (Å²) in [5.74, 6) is 0.631. The summed E-state index contributed by atoms with van der Waals surface area (Å²) in [6.07, 6.45) is 1.58. The lowest BCUT2D eigenvalue weighted by atomic mass is 9.92. The van der Waals surface area contributed by atoms with Gasteiger partial charge in [-0.05, 0) is 43.4 Å². The SMILES string of the molecule is Cc1nc([C@@H]2CCN(C(=O)CC(C)(C)C)C2)nc(C)c1CC(=O)NCc1ccc(F)cc1. The van der Waals surface area contributed by atoms with E-state index in [-0.39, 0.29) is 35.4 Å². The molecule has 32 heavy (non-hydrogen) atoms. The van der Waals surface area contributed by atoms with E-state index in [2.05, 4.69) is 26.1 Å². The fraction of sp³-hybridized carbons (Fsp3) is 0.520. The molecule has 1 fully saturated rings. The smallest absolute Gasteiger partial charge is 0.224 e. The van der Waals surface area contributed by atoms with E-state index >= 15 is 0 Å². The van der Waals surface area contributed by atoms with E-state index in [0.29, 0.717) is 19.5 Å². The molecule has 172 valence electrons. The van der Waals surface area contributed by atoms with Crippen LogP contribution in [0.5, 0.6) is 0 Å². The fourth-order valence-electron chi connectivity index (χ4n) is 3.99. The Morgan fingerprint density at radius 3 is 2.34 bits per heavy atom. The molecule has 1 atom stereocenters. The number of hydrogen-bond donors (Lipinski definition) is 1. The van der Waals surface area contributed by atoms with Gasteiger partial charge in [0.15, 0.2) is 0 Å². The van der Waals surface area contributed by atoms with Gasteiger partial charge in [0.1, 0.15) is 11.6 Å². The van der Waals surface area contributed by atoms with Crippen molar-refractivity contribution >= 4 is 11.8 Å². The van der Waals surface area contributed by atoms with Crippen LogP contribution in [0.15, 0.2) is 24.3 Å². The standard InChI is InChI=1S/C25H33FN4O2/c1-16-21(12-22(31)27-14-18-6-8-20(26)9-7-18)17(2)29-24(28-16)19-10-11-30(15-19)23(32)13-25(3,4)5/h6-9,19H,10-15H2,1-5H3,(H,27,31)/t19-/m1/s1. The number of aromatic nitrogens is 2. The summed E-state index contributed by atoms with van der Waals surface area (Å²) in [5, 5.41) is 2.87. The molecule has 1 aromatic carbocycles. The zero-order chi connectivity index (χ0) is 23.5. The predicted molar refractivity (Wildman–Crippen MR) is 121 cm³/mol. The first-order valence-corrected chi connectivity index (χ1v) is 11.1. The molecule has 0 radical (unpaired) electrons. The van der Waals surface area contributed by atoms with Gasteiger partial charge in [-0.1, -0.05) is 32.9 Å². The van der Waals surface area contributed by atoms with Crippen LogP contribution in [0.25, 0.3) is 0 Å². The molecule has 0 bridgehead atoms. The summed E-state index contributed by atoms with van der Waals surface area (Å²) in [4.78, 5) is 36.3. The van der Waals surface area contributed by atoms with E-state index in [1.807, 2.05) is 18.7 Å². The zero-order valence-corrected chi connectivity index (χ0v) is 19.7. The third-order valence-corrected chi connectivity index (χ3v) is 5.77. The van der Waals surface area contributed by atoms with E-state index in [1.165, 1.54) is 12.1 Å². The highest BCUT2D eigenvalue weighted by molar-refractivity contribution is 5.79. The van der Waals surface area contributed by atoms with Crippen molar-refractivity contribution in [1.29, 1.82) is 0 Å². The monoisotopic (exact) mass is 440 g/mol. The second-order valence-corrected chi connectivity index (χ2v) is 9.87. The van der Waals surface area contributed by atoms with E-state index in [1.54, 1.807) is 12.1 Å². The summed E-state index contributed by atoms with van der Waals surface area (Å²) in [6, 6.07) is 6.06. The Bertz CT molecular complexity index is 959. The van der Waals surface area contributed by atoms with Gasteiger partial charge in [-0.25, -0.2) is 14.4 Å². The Balaban J connectivity index is 1.60. The topological polar surface area (TPSA) is 75.2 Å². The van der Waals surface area contributed by atoms with Crippen molar-refractivity contribution in [2.75, 3.05) is 13.1 Å². The summed E-state index contributed by atoms with van der Waals surface area (Å²) in [6.45, 7) is 11.7. The van der Waals surface area contributed by atoms with Gasteiger partial charge in [0.2, 0.25) is 11.8 Å². The first kappa shape index (κ1) is 23.8. The number of benzene rings is 1. The molecule has 1 N–H and O–H groups in total. The second kappa shape index (κ2) is 9.76. The highest BCUT2D eigenvalue weighted by Crippen LogP contribution is 2.28. The maximum absolute atomic E-state index is 13.0. The molecule has 0 spiro atoms. The van der Waals surface area contributed by atoms with Gasteiger partial charge < -0.3 is 10.2 Å². The highest BCUT2D eigenvalue weighted by atomic mass is 19.1. The van der Waals surface area contributed by atoms with Gasteiger partial charge >= 0.3 is 0 Å². The van der Waals surface area contributed by atoms with E-state index in [9.17, 15) is 14.0 Å². The third-order valence-electron chi connectivity index (χ3n) is 5.77. The summed E-state index contributed by atoms with van der Waals surface area (Å²) in [7, 11) is 0. The number of amides is 2. The molecule has 2 amide bonds. The number of carbonyl (C=O) groups is 2. The van der Waals surface area contributed by atoms with Crippen molar-refractivity contribution in [3.05, 3.63) is 58.4 Å². The molecule has 1 aromatic heterocycles. The number of nitrogens with zero attached hydrogens (tertiary/aromatic N) is 3. The first-order chi connectivity index (χ1) is 15.0. The van der Waals surface area contributed by atoms with Gasteiger partial charge in [-0.15, -0.1) is 0 Å². The lowest BCUT2D eigenvalue weighted by Crippen LogP contribution is -2.31.